The van der Waals surface area contributed by atoms with Crippen molar-refractivity contribution in [1.29, 1.82) is 0 Å². The van der Waals surface area contributed by atoms with Gasteiger partial charge < -0.3 is 10.6 Å². The molecular weight excluding hydrogens is 258 g/mol. The molecule has 0 aliphatic heterocycles. The average molecular weight is 281 g/mol. The molecule has 0 bridgehead atoms. The summed E-state index contributed by atoms with van der Waals surface area (Å²) in [6, 6.07) is 0.706. The van der Waals surface area contributed by atoms with Gasteiger partial charge in [-0.25, -0.2) is 4.68 Å². The van der Waals surface area contributed by atoms with E-state index in [-0.39, 0.29) is 10.6 Å². The first kappa shape index (κ1) is 14.8. The predicted molar refractivity (Wildman–Crippen MR) is 78.0 cm³/mol. The second-order valence-corrected chi connectivity index (χ2v) is 5.28. The zero-order chi connectivity index (χ0) is 14.5. The summed E-state index contributed by atoms with van der Waals surface area (Å²) in [7, 11) is 1.75. The van der Waals surface area contributed by atoms with E-state index in [1.54, 1.807) is 11.7 Å². The Hall–Kier alpha value is -1.63. The lowest BCUT2D eigenvalue weighted by atomic mass is 10.2. The van der Waals surface area contributed by atoms with E-state index in [9.17, 15) is 10.1 Å². The van der Waals surface area contributed by atoms with Gasteiger partial charge in [0.1, 0.15) is 5.69 Å². The third-order valence-electron chi connectivity index (χ3n) is 3.42. The molecule has 2 N–H and O–H groups in total. The molecule has 0 unspecified atom stereocenters. The van der Waals surface area contributed by atoms with Crippen LogP contribution in [0.2, 0.25) is 0 Å². The number of hydrogen-bond donors (Lipinski definition) is 2. The molecule has 2 rings (SSSR count). The summed E-state index contributed by atoms with van der Waals surface area (Å²) in [6.07, 6.45) is 4.99. The minimum Gasteiger partial charge on any atom is -0.364 e. The van der Waals surface area contributed by atoms with Gasteiger partial charge in [-0.05, 0) is 32.2 Å². The highest BCUT2D eigenvalue weighted by Gasteiger charge is 2.25. The van der Waals surface area contributed by atoms with Gasteiger partial charge in [0, 0.05) is 19.6 Å². The van der Waals surface area contributed by atoms with E-state index in [1.807, 2.05) is 6.92 Å². The fraction of sp³-hybridized carbons (Fsp3) is 0.769. The quantitative estimate of drug-likeness (QED) is 0.410. The van der Waals surface area contributed by atoms with Gasteiger partial charge in [-0.2, -0.15) is 5.10 Å². The van der Waals surface area contributed by atoms with E-state index in [1.165, 1.54) is 12.8 Å². The molecule has 112 valence electrons. The fourth-order valence-corrected chi connectivity index (χ4v) is 2.25. The number of nitrogens with one attached hydrogen (secondary N) is 2. The third-order valence-corrected chi connectivity index (χ3v) is 3.42. The van der Waals surface area contributed by atoms with Crippen molar-refractivity contribution in [2.75, 3.05) is 18.4 Å². The molecule has 1 aromatic rings. The Bertz CT molecular complexity index is 468. The van der Waals surface area contributed by atoms with Crippen LogP contribution in [0.4, 0.5) is 11.5 Å². The highest BCUT2D eigenvalue weighted by Crippen LogP contribution is 2.28. The monoisotopic (exact) mass is 281 g/mol. The van der Waals surface area contributed by atoms with Crippen LogP contribution in [-0.4, -0.2) is 33.8 Å². The molecule has 20 heavy (non-hydrogen) atoms. The second kappa shape index (κ2) is 6.69. The van der Waals surface area contributed by atoms with E-state index >= 15 is 0 Å². The van der Waals surface area contributed by atoms with Crippen LogP contribution in [0.5, 0.6) is 0 Å². The molecule has 0 spiro atoms. The highest BCUT2D eigenvalue weighted by molar-refractivity contribution is 5.59. The van der Waals surface area contributed by atoms with Crippen LogP contribution < -0.4 is 10.6 Å². The largest absolute Gasteiger partial charge is 0.364 e. The summed E-state index contributed by atoms with van der Waals surface area (Å²) in [5, 5.41) is 22.1. The second-order valence-electron chi connectivity index (χ2n) is 5.28. The molecule has 0 saturated heterocycles. The summed E-state index contributed by atoms with van der Waals surface area (Å²) in [6.45, 7) is 3.66. The molecule has 0 radical (unpaired) electrons. The molecular formula is C13H23N5O2. The molecule has 0 atom stereocenters. The zero-order valence-electron chi connectivity index (χ0n) is 12.2. The van der Waals surface area contributed by atoms with Gasteiger partial charge in [-0.1, -0.05) is 13.3 Å². The van der Waals surface area contributed by atoms with Gasteiger partial charge in [0.15, 0.2) is 0 Å². The fourth-order valence-electron chi connectivity index (χ4n) is 2.25. The van der Waals surface area contributed by atoms with E-state index < -0.39 is 0 Å². The summed E-state index contributed by atoms with van der Waals surface area (Å²) in [4.78, 5) is 10.9. The highest BCUT2D eigenvalue weighted by atomic mass is 16.6. The molecule has 1 aromatic heterocycles. The molecule has 7 nitrogen and oxygen atoms in total. The maximum atomic E-state index is 11.2. The lowest BCUT2D eigenvalue weighted by Gasteiger charge is -2.06. The van der Waals surface area contributed by atoms with Gasteiger partial charge in [0.25, 0.3) is 0 Å². The van der Waals surface area contributed by atoms with Crippen molar-refractivity contribution in [2.24, 2.45) is 7.05 Å². The maximum Gasteiger partial charge on any atom is 0.333 e. The normalized spacial score (nSPS) is 14.5. The van der Waals surface area contributed by atoms with Crippen molar-refractivity contribution in [3.05, 3.63) is 15.8 Å². The summed E-state index contributed by atoms with van der Waals surface area (Å²) in [5.74, 6) is 0.518. The summed E-state index contributed by atoms with van der Waals surface area (Å²) < 4.78 is 1.58. The first-order valence-electron chi connectivity index (χ1n) is 7.31. The van der Waals surface area contributed by atoms with Crippen LogP contribution in [-0.2, 0) is 13.5 Å². The lowest BCUT2D eigenvalue weighted by Crippen LogP contribution is -2.20. The van der Waals surface area contributed by atoms with Gasteiger partial charge in [-0.15, -0.1) is 0 Å². The van der Waals surface area contributed by atoms with Crippen LogP contribution in [0.3, 0.4) is 0 Å². The molecule has 7 heteroatoms. The predicted octanol–water partition coefficient (Wildman–Crippen LogP) is 1.83. The van der Waals surface area contributed by atoms with Crippen molar-refractivity contribution < 1.29 is 4.92 Å². The van der Waals surface area contributed by atoms with Crippen molar-refractivity contribution in [3.8, 4) is 0 Å². The Morgan fingerprint density at radius 1 is 1.45 bits per heavy atom. The number of rotatable bonds is 9. The minimum absolute atomic E-state index is 0.129. The van der Waals surface area contributed by atoms with Crippen molar-refractivity contribution in [3.63, 3.8) is 0 Å². The van der Waals surface area contributed by atoms with Gasteiger partial charge >= 0.3 is 5.69 Å². The van der Waals surface area contributed by atoms with Crippen molar-refractivity contribution in [1.82, 2.24) is 15.1 Å². The van der Waals surface area contributed by atoms with Gasteiger partial charge in [-0.3, -0.25) is 10.1 Å². The van der Waals surface area contributed by atoms with E-state index in [0.29, 0.717) is 30.5 Å². The van der Waals surface area contributed by atoms with E-state index in [0.717, 1.165) is 19.4 Å². The Kier molecular flexibility index (Phi) is 4.94. The maximum absolute atomic E-state index is 11.2. The van der Waals surface area contributed by atoms with E-state index in [2.05, 4.69) is 15.7 Å². The van der Waals surface area contributed by atoms with Crippen molar-refractivity contribution >= 4 is 11.5 Å². The minimum atomic E-state index is -0.331. The van der Waals surface area contributed by atoms with Crippen LogP contribution in [0, 0.1) is 10.1 Å². The Morgan fingerprint density at radius 2 is 2.20 bits per heavy atom. The van der Waals surface area contributed by atoms with Crippen LogP contribution in [0.1, 0.15) is 38.3 Å². The van der Waals surface area contributed by atoms with Crippen LogP contribution in [0.25, 0.3) is 0 Å². The number of aromatic nitrogens is 2. The van der Waals surface area contributed by atoms with Gasteiger partial charge in [0.2, 0.25) is 5.82 Å². The molecule has 1 saturated carbocycles. The SMILES string of the molecule is CCCc1nn(C)c(NCCCNC2CC2)c1[N+](=O)[O-]. The summed E-state index contributed by atoms with van der Waals surface area (Å²) >= 11 is 0. The van der Waals surface area contributed by atoms with Crippen molar-refractivity contribution in [2.45, 2.75) is 45.1 Å². The number of nitrogens with zero attached hydrogens (tertiary/aromatic N) is 3. The standard InChI is InChI=1S/C13H23N5O2/c1-3-5-11-12(18(19)20)13(17(2)16-11)15-9-4-8-14-10-6-7-10/h10,14-15H,3-9H2,1-2H3. The number of aryl methyl sites for hydroxylation is 2. The molecule has 1 aliphatic carbocycles. The van der Waals surface area contributed by atoms with E-state index in [4.69, 9.17) is 0 Å². The summed E-state index contributed by atoms with van der Waals surface area (Å²) in [5.41, 5.74) is 0.697. The Balaban J connectivity index is 1.92. The van der Waals surface area contributed by atoms with Crippen LogP contribution in [0.15, 0.2) is 0 Å². The Labute approximate surface area is 118 Å². The molecule has 0 aromatic carbocycles. The smallest absolute Gasteiger partial charge is 0.333 e. The lowest BCUT2D eigenvalue weighted by molar-refractivity contribution is -0.384. The molecule has 1 heterocycles. The topological polar surface area (TPSA) is 85.0 Å². The average Bonchev–Trinajstić information content (AvgIpc) is 3.15. The first-order valence-corrected chi connectivity index (χ1v) is 7.31. The number of nitro groups is 1. The molecule has 1 aliphatic rings. The van der Waals surface area contributed by atoms with Gasteiger partial charge in [0.05, 0.1) is 4.92 Å². The Morgan fingerprint density at radius 3 is 2.80 bits per heavy atom. The molecule has 1 fully saturated rings. The number of anilines is 1. The third kappa shape index (κ3) is 3.69. The number of hydrogen-bond acceptors (Lipinski definition) is 5. The first-order chi connectivity index (χ1) is 9.63. The molecule has 0 amide bonds. The van der Waals surface area contributed by atoms with Crippen LogP contribution >= 0.6 is 0 Å². The zero-order valence-corrected chi connectivity index (χ0v) is 12.2.